The van der Waals surface area contributed by atoms with Crippen molar-refractivity contribution < 1.29 is 29.0 Å². The van der Waals surface area contributed by atoms with Crippen LogP contribution in [0.3, 0.4) is 0 Å². The summed E-state index contributed by atoms with van der Waals surface area (Å²) in [7, 11) is 0. The molecule has 2 heterocycles. The van der Waals surface area contributed by atoms with E-state index in [9.17, 15) is 24.3 Å². The normalized spacial score (nSPS) is 21.8. The first kappa shape index (κ1) is 27.4. The van der Waals surface area contributed by atoms with Crippen LogP contribution in [-0.2, 0) is 25.7 Å². The predicted octanol–water partition coefficient (Wildman–Crippen LogP) is 1.46. The van der Waals surface area contributed by atoms with Gasteiger partial charge < -0.3 is 25.8 Å². The smallest absolute Gasteiger partial charge is 0.410 e. The zero-order valence-corrected chi connectivity index (χ0v) is 21.3. The number of piperidine rings is 1. The maximum absolute atomic E-state index is 13.3. The largest absolute Gasteiger partial charge is 0.444 e. The fraction of sp³-hybridized carbons (Fsp3) is 0.615. The molecule has 1 unspecified atom stereocenters. The Labute approximate surface area is 212 Å². The summed E-state index contributed by atoms with van der Waals surface area (Å²) in [6.07, 6.45) is 0.470. The second-order valence-corrected chi connectivity index (χ2v) is 10.5. The lowest BCUT2D eigenvalue weighted by atomic mass is 9.93. The number of hydrogen-bond acceptors (Lipinski definition) is 6. The molecule has 0 aromatic heterocycles. The number of carbonyl (C=O) groups is 4. The van der Waals surface area contributed by atoms with E-state index in [1.54, 1.807) is 20.8 Å². The lowest BCUT2D eigenvalue weighted by molar-refractivity contribution is -0.135. The SMILES string of the molecule is CC(C)(C)OC(=O)N1CCCC[C@H]1C(=O)N[C@@H](C[C@@H]1CCNC1=O)C(O)C(=O)NCc1ccccc1. The van der Waals surface area contributed by atoms with Crippen LogP contribution < -0.4 is 16.0 Å². The van der Waals surface area contributed by atoms with Gasteiger partial charge in [-0.3, -0.25) is 19.3 Å². The van der Waals surface area contributed by atoms with E-state index in [0.717, 1.165) is 18.4 Å². The first-order chi connectivity index (χ1) is 17.0. The molecular formula is C26H38N4O6. The second-order valence-electron chi connectivity index (χ2n) is 10.5. The molecule has 10 heteroatoms. The van der Waals surface area contributed by atoms with Crippen LogP contribution in [0, 0.1) is 5.92 Å². The minimum Gasteiger partial charge on any atom is -0.444 e. The Hall–Kier alpha value is -3.14. The van der Waals surface area contributed by atoms with Crippen LogP contribution in [0.15, 0.2) is 30.3 Å². The molecule has 1 aromatic rings. The Morgan fingerprint density at radius 2 is 1.89 bits per heavy atom. The van der Waals surface area contributed by atoms with Gasteiger partial charge in [0.25, 0.3) is 5.91 Å². The average molecular weight is 503 g/mol. The summed E-state index contributed by atoms with van der Waals surface area (Å²) in [5.74, 6) is -1.71. The van der Waals surface area contributed by atoms with E-state index in [4.69, 9.17) is 4.74 Å². The van der Waals surface area contributed by atoms with Crippen LogP contribution in [0.1, 0.15) is 58.4 Å². The van der Waals surface area contributed by atoms with Crippen LogP contribution in [0.5, 0.6) is 0 Å². The van der Waals surface area contributed by atoms with Crippen molar-refractivity contribution in [2.75, 3.05) is 13.1 Å². The van der Waals surface area contributed by atoms with Crippen LogP contribution in [0.4, 0.5) is 4.79 Å². The van der Waals surface area contributed by atoms with Gasteiger partial charge in [0, 0.05) is 25.6 Å². The molecule has 3 rings (SSSR count). The lowest BCUT2D eigenvalue weighted by Gasteiger charge is -2.37. The van der Waals surface area contributed by atoms with E-state index < -0.39 is 47.6 Å². The molecule has 0 radical (unpaired) electrons. The number of likely N-dealkylation sites (tertiary alicyclic amines) is 1. The van der Waals surface area contributed by atoms with Crippen molar-refractivity contribution in [1.82, 2.24) is 20.9 Å². The molecule has 4 N–H and O–H groups in total. The number of hydrogen-bond donors (Lipinski definition) is 4. The third-order valence-electron chi connectivity index (χ3n) is 6.42. The Balaban J connectivity index is 1.71. The standard InChI is InChI=1S/C26H38N4O6/c1-26(2,3)36-25(35)30-14-8-7-11-20(30)23(33)29-19(15-18-12-13-27-22(18)32)21(31)24(34)28-16-17-9-5-4-6-10-17/h4-6,9-10,18-21,31H,7-8,11-16H2,1-3H3,(H,27,32)(H,28,34)(H,29,33)/t18-,19-,20-,21?/m0/s1. The van der Waals surface area contributed by atoms with Gasteiger partial charge in [-0.2, -0.15) is 0 Å². The van der Waals surface area contributed by atoms with Crippen molar-refractivity contribution in [2.24, 2.45) is 5.92 Å². The van der Waals surface area contributed by atoms with Gasteiger partial charge >= 0.3 is 6.09 Å². The molecule has 10 nitrogen and oxygen atoms in total. The summed E-state index contributed by atoms with van der Waals surface area (Å²) in [6, 6.07) is 7.48. The van der Waals surface area contributed by atoms with E-state index in [2.05, 4.69) is 16.0 Å². The van der Waals surface area contributed by atoms with Gasteiger partial charge in [0.15, 0.2) is 6.10 Å². The third-order valence-corrected chi connectivity index (χ3v) is 6.42. The predicted molar refractivity (Wildman–Crippen MR) is 133 cm³/mol. The van der Waals surface area contributed by atoms with Crippen molar-refractivity contribution in [1.29, 1.82) is 0 Å². The van der Waals surface area contributed by atoms with Gasteiger partial charge in [-0.1, -0.05) is 30.3 Å². The molecule has 0 saturated carbocycles. The van der Waals surface area contributed by atoms with E-state index in [0.29, 0.717) is 25.9 Å². The molecule has 0 bridgehead atoms. The zero-order valence-electron chi connectivity index (χ0n) is 21.3. The first-order valence-corrected chi connectivity index (χ1v) is 12.6. The van der Waals surface area contributed by atoms with Crippen molar-refractivity contribution >= 4 is 23.8 Å². The fourth-order valence-electron chi connectivity index (χ4n) is 4.54. The molecule has 2 fully saturated rings. The maximum atomic E-state index is 13.3. The van der Waals surface area contributed by atoms with Gasteiger partial charge in [0.2, 0.25) is 11.8 Å². The molecule has 4 atom stereocenters. The minimum absolute atomic E-state index is 0.108. The highest BCUT2D eigenvalue weighted by atomic mass is 16.6. The Morgan fingerprint density at radius 3 is 2.53 bits per heavy atom. The minimum atomic E-state index is -1.57. The molecule has 2 aliphatic rings. The summed E-state index contributed by atoms with van der Waals surface area (Å²) in [5, 5.41) is 19.1. The van der Waals surface area contributed by atoms with Crippen LogP contribution >= 0.6 is 0 Å². The van der Waals surface area contributed by atoms with Gasteiger partial charge in [0.05, 0.1) is 6.04 Å². The summed E-state index contributed by atoms with van der Waals surface area (Å²) in [4.78, 5) is 52.5. The number of amides is 4. The molecule has 4 amide bonds. The number of aliphatic hydroxyl groups excluding tert-OH is 1. The molecule has 2 saturated heterocycles. The average Bonchev–Trinajstić information content (AvgIpc) is 3.25. The van der Waals surface area contributed by atoms with Gasteiger partial charge in [0.1, 0.15) is 11.6 Å². The van der Waals surface area contributed by atoms with Crippen molar-refractivity contribution in [3.63, 3.8) is 0 Å². The monoisotopic (exact) mass is 502 g/mol. The van der Waals surface area contributed by atoms with Crippen LogP contribution in [0.2, 0.25) is 0 Å². The van der Waals surface area contributed by atoms with Gasteiger partial charge in [-0.05, 0) is 58.4 Å². The maximum Gasteiger partial charge on any atom is 0.410 e. The quantitative estimate of drug-likeness (QED) is 0.425. The van der Waals surface area contributed by atoms with Crippen molar-refractivity contribution in [3.05, 3.63) is 35.9 Å². The summed E-state index contributed by atoms with van der Waals surface area (Å²) < 4.78 is 5.48. The van der Waals surface area contributed by atoms with E-state index >= 15 is 0 Å². The fourth-order valence-corrected chi connectivity index (χ4v) is 4.54. The van der Waals surface area contributed by atoms with Crippen LogP contribution in [0.25, 0.3) is 0 Å². The van der Waals surface area contributed by atoms with E-state index in [-0.39, 0.29) is 18.9 Å². The van der Waals surface area contributed by atoms with Crippen molar-refractivity contribution in [3.8, 4) is 0 Å². The van der Waals surface area contributed by atoms with Crippen LogP contribution in [-0.4, -0.2) is 70.7 Å². The molecule has 1 aromatic carbocycles. The topological polar surface area (TPSA) is 137 Å². The molecule has 0 spiro atoms. The summed E-state index contributed by atoms with van der Waals surface area (Å²) in [6.45, 7) is 6.39. The lowest BCUT2D eigenvalue weighted by Crippen LogP contribution is -2.58. The van der Waals surface area contributed by atoms with E-state index in [1.807, 2.05) is 30.3 Å². The zero-order chi connectivity index (χ0) is 26.3. The Bertz CT molecular complexity index is 932. The highest BCUT2D eigenvalue weighted by Crippen LogP contribution is 2.23. The third kappa shape index (κ3) is 7.68. The number of benzene rings is 1. The summed E-state index contributed by atoms with van der Waals surface area (Å²) >= 11 is 0. The van der Waals surface area contributed by atoms with Gasteiger partial charge in [-0.25, -0.2) is 4.79 Å². The van der Waals surface area contributed by atoms with E-state index in [1.165, 1.54) is 4.90 Å². The number of carbonyl (C=O) groups excluding carboxylic acids is 4. The summed E-state index contributed by atoms with van der Waals surface area (Å²) in [5.41, 5.74) is 0.157. The van der Waals surface area contributed by atoms with Gasteiger partial charge in [-0.15, -0.1) is 0 Å². The molecule has 198 valence electrons. The molecular weight excluding hydrogens is 464 g/mol. The second kappa shape index (κ2) is 12.2. The number of nitrogens with one attached hydrogen (secondary N) is 3. The molecule has 2 aliphatic heterocycles. The number of nitrogens with zero attached hydrogens (tertiary/aromatic N) is 1. The number of rotatable bonds is 8. The molecule has 36 heavy (non-hydrogen) atoms. The number of ether oxygens (including phenoxy) is 1. The Kier molecular flexibility index (Phi) is 9.31. The van der Waals surface area contributed by atoms with Crippen molar-refractivity contribution in [2.45, 2.75) is 83.2 Å². The number of aliphatic hydroxyl groups is 1. The Morgan fingerprint density at radius 1 is 1.17 bits per heavy atom. The highest BCUT2D eigenvalue weighted by Gasteiger charge is 2.39. The molecule has 0 aliphatic carbocycles. The highest BCUT2D eigenvalue weighted by molar-refractivity contribution is 5.88. The first-order valence-electron chi connectivity index (χ1n) is 12.6.